The minimum atomic E-state index is -0.912. The summed E-state index contributed by atoms with van der Waals surface area (Å²) in [5, 5.41) is 0. The van der Waals surface area contributed by atoms with Crippen molar-refractivity contribution in [1.29, 1.82) is 0 Å². The molecule has 1 aliphatic rings. The molecule has 0 radical (unpaired) electrons. The maximum absolute atomic E-state index is 13.5. The van der Waals surface area contributed by atoms with E-state index in [1.807, 2.05) is 30.3 Å². The minimum absolute atomic E-state index is 0.119. The molecule has 0 amide bonds. The van der Waals surface area contributed by atoms with Gasteiger partial charge >= 0.3 is 5.97 Å². The standard InChI is InChI=1S/C30H36O9/c1-20-12-26(32)28(38-19-37-17-22-8-6-5-7-9-22)16-25(30(34-3)35-4)21(2)14-24(31)15-29(33)39-27(13-20)23-10-11-36-18-23/h5-12,14,18,25,27-28,30H,13,15-17,19H2,1-4H3/b20-12+,21-14+/t25-,27+,28+/m1/s1. The average molecular weight is 541 g/mol. The Morgan fingerprint density at radius 1 is 1.00 bits per heavy atom. The molecule has 2 aromatic rings. The molecule has 1 aliphatic heterocycles. The smallest absolute Gasteiger partial charge is 0.314 e. The molecular formula is C30H36O9. The average Bonchev–Trinajstić information content (AvgIpc) is 3.44. The fraction of sp³-hybridized carbons (Fsp3) is 0.433. The minimum Gasteiger partial charge on any atom is -0.472 e. The Hall–Kier alpha value is -3.37. The van der Waals surface area contributed by atoms with Crippen LogP contribution >= 0.6 is 0 Å². The highest BCUT2D eigenvalue weighted by atomic mass is 16.7. The molecule has 0 aliphatic carbocycles. The molecule has 0 bridgehead atoms. The van der Waals surface area contributed by atoms with E-state index in [4.69, 9.17) is 28.1 Å². The molecule has 0 fully saturated rings. The van der Waals surface area contributed by atoms with Crippen LogP contribution in [0, 0.1) is 5.92 Å². The molecule has 3 rings (SSSR count). The highest BCUT2D eigenvalue weighted by Gasteiger charge is 2.31. The first-order valence-corrected chi connectivity index (χ1v) is 12.7. The molecule has 3 atom stereocenters. The Labute approximate surface area is 228 Å². The van der Waals surface area contributed by atoms with Crippen LogP contribution in [0.25, 0.3) is 0 Å². The van der Waals surface area contributed by atoms with E-state index in [0.29, 0.717) is 23.3 Å². The predicted octanol–water partition coefficient (Wildman–Crippen LogP) is 4.87. The highest BCUT2D eigenvalue weighted by molar-refractivity contribution is 6.02. The lowest BCUT2D eigenvalue weighted by Crippen LogP contribution is -2.34. The normalized spacial score (nSPS) is 24.4. The van der Waals surface area contributed by atoms with Gasteiger partial charge in [0.2, 0.25) is 0 Å². The van der Waals surface area contributed by atoms with Crippen molar-refractivity contribution in [3.05, 3.63) is 83.3 Å². The number of cyclic esters (lactones) is 1. The van der Waals surface area contributed by atoms with Crippen molar-refractivity contribution in [1.82, 2.24) is 0 Å². The second-order valence-corrected chi connectivity index (χ2v) is 9.45. The third-order valence-corrected chi connectivity index (χ3v) is 6.42. The summed E-state index contributed by atoms with van der Waals surface area (Å²) < 4.78 is 33.4. The van der Waals surface area contributed by atoms with Crippen molar-refractivity contribution in [2.45, 2.75) is 58.2 Å². The van der Waals surface area contributed by atoms with Gasteiger partial charge in [0.1, 0.15) is 25.4 Å². The van der Waals surface area contributed by atoms with Gasteiger partial charge in [-0.2, -0.15) is 0 Å². The predicted molar refractivity (Wildman–Crippen MR) is 141 cm³/mol. The molecule has 0 saturated carbocycles. The van der Waals surface area contributed by atoms with Gasteiger partial charge in [-0.15, -0.1) is 0 Å². The van der Waals surface area contributed by atoms with Crippen LogP contribution in [-0.2, 0) is 44.7 Å². The zero-order chi connectivity index (χ0) is 28.2. The largest absolute Gasteiger partial charge is 0.472 e. The van der Waals surface area contributed by atoms with E-state index >= 15 is 0 Å². The number of benzene rings is 1. The fourth-order valence-electron chi connectivity index (χ4n) is 4.42. The second kappa shape index (κ2) is 15.3. The van der Waals surface area contributed by atoms with Crippen LogP contribution in [0.5, 0.6) is 0 Å². The lowest BCUT2D eigenvalue weighted by molar-refractivity contribution is -0.156. The SMILES string of the molecule is COC(OC)[C@@H]1C[C@H](OCOCc2ccccc2)C(=O)/C=C(\C)C[C@@H](c2ccoc2)OC(=O)CC(=O)/C=C/1C. The van der Waals surface area contributed by atoms with Crippen LogP contribution in [-0.4, -0.2) is 50.9 Å². The van der Waals surface area contributed by atoms with Crippen LogP contribution in [0.3, 0.4) is 0 Å². The van der Waals surface area contributed by atoms with Crippen molar-refractivity contribution < 1.29 is 42.5 Å². The maximum Gasteiger partial charge on any atom is 0.314 e. The molecule has 39 heavy (non-hydrogen) atoms. The van der Waals surface area contributed by atoms with E-state index in [9.17, 15) is 14.4 Å². The third kappa shape index (κ3) is 9.40. The van der Waals surface area contributed by atoms with E-state index in [2.05, 4.69) is 0 Å². The first-order valence-electron chi connectivity index (χ1n) is 12.7. The number of ketones is 2. The number of allylic oxidation sites excluding steroid dienone is 1. The summed E-state index contributed by atoms with van der Waals surface area (Å²) in [6, 6.07) is 11.3. The van der Waals surface area contributed by atoms with Gasteiger partial charge in [0.05, 0.1) is 19.1 Å². The van der Waals surface area contributed by atoms with E-state index in [-0.39, 0.29) is 25.4 Å². The monoisotopic (exact) mass is 540 g/mol. The molecule has 1 aromatic carbocycles. The topological polar surface area (TPSA) is 110 Å². The van der Waals surface area contributed by atoms with Gasteiger partial charge in [0.15, 0.2) is 17.9 Å². The summed E-state index contributed by atoms with van der Waals surface area (Å²) in [7, 11) is 2.96. The number of ether oxygens (including phenoxy) is 5. The van der Waals surface area contributed by atoms with Crippen LogP contribution in [0.15, 0.2) is 76.6 Å². The first-order chi connectivity index (χ1) is 18.8. The molecule has 9 nitrogen and oxygen atoms in total. The number of furan rings is 1. The number of rotatable bonds is 9. The Bertz CT molecular complexity index is 1130. The number of carbonyl (C=O) groups excluding carboxylic acids is 3. The molecule has 0 N–H and O–H groups in total. The van der Waals surface area contributed by atoms with Crippen molar-refractivity contribution in [3.8, 4) is 0 Å². The number of esters is 1. The van der Waals surface area contributed by atoms with E-state index in [1.54, 1.807) is 19.9 Å². The quantitative estimate of drug-likeness (QED) is 0.190. The Morgan fingerprint density at radius 2 is 1.74 bits per heavy atom. The molecule has 0 spiro atoms. The zero-order valence-corrected chi connectivity index (χ0v) is 22.8. The fourth-order valence-corrected chi connectivity index (χ4v) is 4.42. The van der Waals surface area contributed by atoms with E-state index in [0.717, 1.165) is 5.56 Å². The molecule has 2 heterocycles. The first kappa shape index (κ1) is 30.2. The summed E-state index contributed by atoms with van der Waals surface area (Å²) in [4.78, 5) is 38.8. The van der Waals surface area contributed by atoms with Crippen LogP contribution < -0.4 is 0 Å². The van der Waals surface area contributed by atoms with Gasteiger partial charge in [0.25, 0.3) is 0 Å². The lowest BCUT2D eigenvalue weighted by atomic mass is 9.89. The van der Waals surface area contributed by atoms with E-state index in [1.165, 1.54) is 38.9 Å². The molecule has 210 valence electrons. The molecule has 0 saturated heterocycles. The van der Waals surface area contributed by atoms with Crippen molar-refractivity contribution in [2.24, 2.45) is 5.92 Å². The van der Waals surface area contributed by atoms with Gasteiger partial charge in [-0.1, -0.05) is 41.5 Å². The number of hydrogen-bond acceptors (Lipinski definition) is 9. The summed E-state index contributed by atoms with van der Waals surface area (Å²) in [5.41, 5.74) is 2.85. The van der Waals surface area contributed by atoms with Gasteiger partial charge in [-0.3, -0.25) is 14.4 Å². The molecule has 0 unspecified atom stereocenters. The van der Waals surface area contributed by atoms with Gasteiger partial charge in [-0.05, 0) is 44.1 Å². The number of carbonyl (C=O) groups is 3. The van der Waals surface area contributed by atoms with Crippen molar-refractivity contribution in [2.75, 3.05) is 21.0 Å². The molecule has 9 heteroatoms. The van der Waals surface area contributed by atoms with E-state index < -0.39 is 42.6 Å². The third-order valence-electron chi connectivity index (χ3n) is 6.42. The van der Waals surface area contributed by atoms with Crippen LogP contribution in [0.2, 0.25) is 0 Å². The zero-order valence-electron chi connectivity index (χ0n) is 22.8. The summed E-state index contributed by atoms with van der Waals surface area (Å²) in [6.45, 7) is 3.71. The van der Waals surface area contributed by atoms with Crippen molar-refractivity contribution in [3.63, 3.8) is 0 Å². The lowest BCUT2D eigenvalue weighted by Gasteiger charge is -2.29. The van der Waals surface area contributed by atoms with Crippen molar-refractivity contribution >= 4 is 17.5 Å². The summed E-state index contributed by atoms with van der Waals surface area (Å²) in [5.74, 6) is -1.91. The second-order valence-electron chi connectivity index (χ2n) is 9.45. The maximum atomic E-state index is 13.5. The van der Waals surface area contributed by atoms with Crippen LogP contribution in [0.4, 0.5) is 0 Å². The Balaban J connectivity index is 1.88. The van der Waals surface area contributed by atoms with Gasteiger partial charge in [0, 0.05) is 32.1 Å². The van der Waals surface area contributed by atoms with Gasteiger partial charge in [-0.25, -0.2) is 0 Å². The van der Waals surface area contributed by atoms with Gasteiger partial charge < -0.3 is 28.1 Å². The van der Waals surface area contributed by atoms with Crippen LogP contribution in [0.1, 0.15) is 50.3 Å². The summed E-state index contributed by atoms with van der Waals surface area (Å²) >= 11 is 0. The summed E-state index contributed by atoms with van der Waals surface area (Å²) in [6.07, 6.45) is 3.38. The molecule has 1 aromatic heterocycles. The number of hydrogen-bond donors (Lipinski definition) is 0. The highest BCUT2D eigenvalue weighted by Crippen LogP contribution is 2.29. The Morgan fingerprint density at radius 3 is 2.41 bits per heavy atom. The number of methoxy groups -OCH3 is 2. The molecular weight excluding hydrogens is 504 g/mol. The Kier molecular flexibility index (Phi) is 11.8.